The van der Waals surface area contributed by atoms with Crippen molar-refractivity contribution in [3.63, 3.8) is 0 Å². The molecule has 2 aromatic rings. The Hall–Kier alpha value is -2.71. The van der Waals surface area contributed by atoms with Crippen molar-refractivity contribution in [2.45, 2.75) is 6.42 Å². The summed E-state index contributed by atoms with van der Waals surface area (Å²) in [6.07, 6.45) is 2.50. The minimum Gasteiger partial charge on any atom is -0.493 e. The average molecular weight is 446 g/mol. The van der Waals surface area contributed by atoms with E-state index in [9.17, 15) is 4.79 Å². The zero-order chi connectivity index (χ0) is 21.5. The summed E-state index contributed by atoms with van der Waals surface area (Å²) in [5.74, 6) is 2.55. The second-order valence-corrected chi connectivity index (χ2v) is 8.03. The maximum atomic E-state index is 12.2. The lowest BCUT2D eigenvalue weighted by molar-refractivity contribution is -0.121. The predicted molar refractivity (Wildman–Crippen MR) is 123 cm³/mol. The van der Waals surface area contributed by atoms with Crippen LogP contribution in [0, 0.1) is 0 Å². The number of hydrogen-bond donors (Lipinski definition) is 0. The third-order valence-electron chi connectivity index (χ3n) is 4.34. The molecule has 0 saturated carbocycles. The van der Waals surface area contributed by atoms with Gasteiger partial charge >= 0.3 is 0 Å². The first kappa shape index (κ1) is 22.0. The Kier molecular flexibility index (Phi) is 7.59. The molecule has 3 rings (SSSR count). The molecule has 0 N–H and O–H groups in total. The molecule has 0 bridgehead atoms. The topological polar surface area (TPSA) is 57.2 Å². The molecular formula is C22H23NO5S2. The molecule has 1 aliphatic rings. The molecular weight excluding hydrogens is 422 g/mol. The van der Waals surface area contributed by atoms with Crippen LogP contribution in [-0.4, -0.2) is 49.6 Å². The molecule has 0 radical (unpaired) electrons. The number of carbonyl (C=O) groups is 1. The standard InChI is InChI=1S/C22H23NO5S2/c1-23-21(24)20(30-22(23)29)14-15-9-10-18(19(13-15)26-3)28-12-6-11-27-17-8-5-4-7-16(17)25-2/h4-5,7-10,13-14H,6,11-12H2,1-3H3. The summed E-state index contributed by atoms with van der Waals surface area (Å²) in [5.41, 5.74) is 0.840. The van der Waals surface area contributed by atoms with Gasteiger partial charge in [0.2, 0.25) is 0 Å². The lowest BCUT2D eigenvalue weighted by Gasteiger charge is -2.13. The Morgan fingerprint density at radius 1 is 0.967 bits per heavy atom. The van der Waals surface area contributed by atoms with E-state index in [0.29, 0.717) is 51.9 Å². The van der Waals surface area contributed by atoms with Crippen LogP contribution < -0.4 is 18.9 Å². The Morgan fingerprint density at radius 3 is 2.20 bits per heavy atom. The van der Waals surface area contributed by atoms with E-state index in [4.69, 9.17) is 31.2 Å². The molecule has 0 aromatic heterocycles. The van der Waals surface area contributed by atoms with Crippen molar-refractivity contribution in [1.82, 2.24) is 4.90 Å². The molecule has 2 aromatic carbocycles. The number of rotatable bonds is 9. The van der Waals surface area contributed by atoms with E-state index in [1.165, 1.54) is 16.7 Å². The Labute approximate surface area is 185 Å². The molecule has 6 nitrogen and oxygen atoms in total. The molecule has 30 heavy (non-hydrogen) atoms. The van der Waals surface area contributed by atoms with Gasteiger partial charge in [0.15, 0.2) is 23.0 Å². The first-order chi connectivity index (χ1) is 14.5. The van der Waals surface area contributed by atoms with Crippen molar-refractivity contribution in [3.05, 3.63) is 52.9 Å². The SMILES string of the molecule is COc1ccccc1OCCCOc1ccc(C=C2SC(=S)N(C)C2=O)cc1OC. The van der Waals surface area contributed by atoms with Crippen LogP contribution >= 0.6 is 24.0 Å². The maximum Gasteiger partial charge on any atom is 0.265 e. The van der Waals surface area contributed by atoms with Crippen molar-refractivity contribution >= 4 is 40.3 Å². The quantitative estimate of drug-likeness (QED) is 0.322. The van der Waals surface area contributed by atoms with Gasteiger partial charge < -0.3 is 18.9 Å². The smallest absolute Gasteiger partial charge is 0.265 e. The second kappa shape index (κ2) is 10.4. The fourth-order valence-electron chi connectivity index (χ4n) is 2.75. The Balaban J connectivity index is 1.55. The van der Waals surface area contributed by atoms with Crippen molar-refractivity contribution < 1.29 is 23.7 Å². The van der Waals surface area contributed by atoms with Crippen LogP contribution in [0.5, 0.6) is 23.0 Å². The Morgan fingerprint density at radius 2 is 1.60 bits per heavy atom. The highest BCUT2D eigenvalue weighted by Crippen LogP contribution is 2.34. The number of hydrogen-bond acceptors (Lipinski definition) is 7. The number of thiocarbonyl (C=S) groups is 1. The first-order valence-electron chi connectivity index (χ1n) is 9.31. The summed E-state index contributed by atoms with van der Waals surface area (Å²) in [6.45, 7) is 0.971. The van der Waals surface area contributed by atoms with Gasteiger partial charge in [-0.1, -0.05) is 42.2 Å². The number of nitrogens with zero attached hydrogens (tertiary/aromatic N) is 1. The van der Waals surface area contributed by atoms with Crippen molar-refractivity contribution in [1.29, 1.82) is 0 Å². The second-order valence-electron chi connectivity index (χ2n) is 6.35. The van der Waals surface area contributed by atoms with Gasteiger partial charge in [0.1, 0.15) is 4.32 Å². The van der Waals surface area contributed by atoms with Gasteiger partial charge in [-0.3, -0.25) is 9.69 Å². The van der Waals surface area contributed by atoms with Gasteiger partial charge in [-0.25, -0.2) is 0 Å². The highest BCUT2D eigenvalue weighted by Gasteiger charge is 2.28. The number of ether oxygens (including phenoxy) is 4. The highest BCUT2D eigenvalue weighted by atomic mass is 32.2. The van der Waals surface area contributed by atoms with E-state index >= 15 is 0 Å². The predicted octanol–water partition coefficient (Wildman–Crippen LogP) is 4.38. The van der Waals surface area contributed by atoms with E-state index in [2.05, 4.69) is 0 Å². The largest absolute Gasteiger partial charge is 0.493 e. The maximum absolute atomic E-state index is 12.2. The van der Waals surface area contributed by atoms with Gasteiger partial charge in [-0.2, -0.15) is 0 Å². The third kappa shape index (κ3) is 5.25. The Bertz CT molecular complexity index is 960. The van der Waals surface area contributed by atoms with E-state index in [1.54, 1.807) is 27.3 Å². The van der Waals surface area contributed by atoms with E-state index in [-0.39, 0.29) is 5.91 Å². The molecule has 8 heteroatoms. The van der Waals surface area contributed by atoms with Crippen LogP contribution in [0.15, 0.2) is 47.4 Å². The summed E-state index contributed by atoms with van der Waals surface area (Å²) in [5, 5.41) is 0. The normalized spacial score (nSPS) is 14.9. The molecule has 0 spiro atoms. The summed E-state index contributed by atoms with van der Waals surface area (Å²) in [4.78, 5) is 14.2. The zero-order valence-corrected chi connectivity index (χ0v) is 18.7. The van der Waals surface area contributed by atoms with Gasteiger partial charge in [0, 0.05) is 13.5 Å². The lowest BCUT2D eigenvalue weighted by atomic mass is 10.2. The zero-order valence-electron chi connectivity index (χ0n) is 17.0. The number of carbonyl (C=O) groups excluding carboxylic acids is 1. The highest BCUT2D eigenvalue weighted by molar-refractivity contribution is 8.26. The number of amides is 1. The molecule has 1 amide bonds. The minimum atomic E-state index is -0.0978. The summed E-state index contributed by atoms with van der Waals surface area (Å²) in [7, 11) is 4.88. The van der Waals surface area contributed by atoms with Crippen LogP contribution in [-0.2, 0) is 4.79 Å². The molecule has 158 valence electrons. The minimum absolute atomic E-state index is 0.0978. The number of benzene rings is 2. The number of thioether (sulfide) groups is 1. The fraction of sp³-hybridized carbons (Fsp3) is 0.273. The fourth-order valence-corrected chi connectivity index (χ4v) is 3.93. The molecule has 1 fully saturated rings. The van der Waals surface area contributed by atoms with Crippen LogP contribution in [0.3, 0.4) is 0 Å². The van der Waals surface area contributed by atoms with E-state index in [1.807, 2.05) is 42.5 Å². The van der Waals surface area contributed by atoms with Gasteiger partial charge in [0.25, 0.3) is 5.91 Å². The number of likely N-dealkylation sites (N-methyl/N-ethyl adjacent to an activating group) is 1. The third-order valence-corrected chi connectivity index (χ3v) is 5.83. The lowest BCUT2D eigenvalue weighted by Crippen LogP contribution is -2.22. The van der Waals surface area contributed by atoms with E-state index in [0.717, 1.165) is 5.56 Å². The van der Waals surface area contributed by atoms with Crippen LogP contribution in [0.2, 0.25) is 0 Å². The molecule has 0 atom stereocenters. The summed E-state index contributed by atoms with van der Waals surface area (Å²) < 4.78 is 22.9. The average Bonchev–Trinajstić information content (AvgIpc) is 3.00. The van der Waals surface area contributed by atoms with Crippen LogP contribution in [0.4, 0.5) is 0 Å². The van der Waals surface area contributed by atoms with Gasteiger partial charge in [-0.15, -0.1) is 0 Å². The van der Waals surface area contributed by atoms with Crippen LogP contribution in [0.1, 0.15) is 12.0 Å². The van der Waals surface area contributed by atoms with Crippen molar-refractivity contribution in [2.75, 3.05) is 34.5 Å². The first-order valence-corrected chi connectivity index (χ1v) is 10.5. The number of para-hydroxylation sites is 2. The molecule has 1 saturated heterocycles. The summed E-state index contributed by atoms with van der Waals surface area (Å²) in [6, 6.07) is 13.1. The van der Waals surface area contributed by atoms with Crippen molar-refractivity contribution in [3.8, 4) is 23.0 Å². The molecule has 0 aliphatic carbocycles. The molecule has 0 unspecified atom stereocenters. The number of methoxy groups -OCH3 is 2. The van der Waals surface area contributed by atoms with Crippen molar-refractivity contribution in [2.24, 2.45) is 0 Å². The summed E-state index contributed by atoms with van der Waals surface area (Å²) >= 11 is 6.45. The molecule has 1 aliphatic heterocycles. The van der Waals surface area contributed by atoms with Gasteiger partial charge in [-0.05, 0) is 35.9 Å². The van der Waals surface area contributed by atoms with Crippen LogP contribution in [0.25, 0.3) is 6.08 Å². The monoisotopic (exact) mass is 445 g/mol. The van der Waals surface area contributed by atoms with E-state index < -0.39 is 0 Å². The molecule has 1 heterocycles. The van der Waals surface area contributed by atoms with Gasteiger partial charge in [0.05, 0.1) is 32.3 Å².